The molecule has 1 fully saturated rings. The van der Waals surface area contributed by atoms with Gasteiger partial charge >= 0.3 is 0 Å². The summed E-state index contributed by atoms with van der Waals surface area (Å²) in [5, 5.41) is 17.4. The topological polar surface area (TPSA) is 79.6 Å². The van der Waals surface area contributed by atoms with Gasteiger partial charge in [0.15, 0.2) is 5.96 Å². The lowest BCUT2D eigenvalue weighted by atomic mass is 9.96. The Morgan fingerprint density at radius 2 is 1.96 bits per heavy atom. The molecule has 0 unspecified atom stereocenters. The summed E-state index contributed by atoms with van der Waals surface area (Å²) in [4.78, 5) is 15.0. The number of guanidine groups is 1. The molecule has 2 aromatic rings. The standard InChI is InChI=1S/C20H23FN4O2.HI/c1-2-22-19(23-13-15-5-3-8-18(11-15)25(26)27)24-14-20(9-10-20)16-6-4-7-17(21)12-16;/h3-8,11-12H,2,9-10,13-14H2,1H3,(H2,22,23,24);1H. The lowest BCUT2D eigenvalue weighted by molar-refractivity contribution is -0.384. The van der Waals surface area contributed by atoms with Crippen molar-refractivity contribution in [2.24, 2.45) is 4.99 Å². The highest BCUT2D eigenvalue weighted by Crippen LogP contribution is 2.47. The fraction of sp³-hybridized carbons (Fsp3) is 0.350. The lowest BCUT2D eigenvalue weighted by Crippen LogP contribution is -2.41. The van der Waals surface area contributed by atoms with Crippen LogP contribution < -0.4 is 10.6 Å². The average molecular weight is 498 g/mol. The zero-order valence-corrected chi connectivity index (χ0v) is 18.0. The summed E-state index contributed by atoms with van der Waals surface area (Å²) >= 11 is 0. The molecule has 0 radical (unpaired) electrons. The summed E-state index contributed by atoms with van der Waals surface area (Å²) in [5.74, 6) is 0.428. The second-order valence-electron chi connectivity index (χ2n) is 6.77. The van der Waals surface area contributed by atoms with Gasteiger partial charge in [-0.15, -0.1) is 24.0 Å². The number of benzene rings is 2. The molecule has 1 aliphatic carbocycles. The number of non-ortho nitro benzene ring substituents is 1. The van der Waals surface area contributed by atoms with Gasteiger partial charge < -0.3 is 10.6 Å². The van der Waals surface area contributed by atoms with E-state index < -0.39 is 4.92 Å². The van der Waals surface area contributed by atoms with Crippen LogP contribution in [-0.4, -0.2) is 24.0 Å². The molecule has 2 aromatic carbocycles. The third kappa shape index (κ3) is 5.63. The van der Waals surface area contributed by atoms with Crippen LogP contribution in [0.4, 0.5) is 10.1 Å². The van der Waals surface area contributed by atoms with Gasteiger partial charge in [-0.1, -0.05) is 24.3 Å². The quantitative estimate of drug-likeness (QED) is 0.198. The van der Waals surface area contributed by atoms with E-state index in [1.54, 1.807) is 18.2 Å². The zero-order chi connectivity index (χ0) is 19.3. The van der Waals surface area contributed by atoms with E-state index in [1.807, 2.05) is 19.1 Å². The van der Waals surface area contributed by atoms with Crippen LogP contribution in [0, 0.1) is 15.9 Å². The molecule has 0 heterocycles. The Morgan fingerprint density at radius 1 is 1.21 bits per heavy atom. The molecule has 3 rings (SSSR count). The Balaban J connectivity index is 0.00000280. The summed E-state index contributed by atoms with van der Waals surface area (Å²) in [6.07, 6.45) is 2.02. The van der Waals surface area contributed by atoms with E-state index in [0.29, 0.717) is 25.6 Å². The summed E-state index contributed by atoms with van der Waals surface area (Å²) < 4.78 is 13.5. The molecule has 8 heteroatoms. The number of nitrogens with one attached hydrogen (secondary N) is 2. The minimum absolute atomic E-state index is 0. The number of hydrogen-bond donors (Lipinski definition) is 2. The number of hydrogen-bond acceptors (Lipinski definition) is 3. The molecule has 2 N–H and O–H groups in total. The van der Waals surface area contributed by atoms with Crippen LogP contribution >= 0.6 is 24.0 Å². The molecular weight excluding hydrogens is 474 g/mol. The first-order valence-electron chi connectivity index (χ1n) is 9.04. The molecule has 6 nitrogen and oxygen atoms in total. The predicted molar refractivity (Wildman–Crippen MR) is 119 cm³/mol. The van der Waals surface area contributed by atoms with E-state index in [2.05, 4.69) is 15.6 Å². The molecule has 150 valence electrons. The highest BCUT2D eigenvalue weighted by Gasteiger charge is 2.44. The van der Waals surface area contributed by atoms with Crippen LogP contribution in [0.15, 0.2) is 53.5 Å². The minimum atomic E-state index is -0.410. The first-order chi connectivity index (χ1) is 13.0. The molecule has 0 amide bonds. The van der Waals surface area contributed by atoms with E-state index in [4.69, 9.17) is 0 Å². The fourth-order valence-corrected chi connectivity index (χ4v) is 3.07. The maximum Gasteiger partial charge on any atom is 0.269 e. The smallest absolute Gasteiger partial charge is 0.269 e. The Kier molecular flexibility index (Phi) is 7.73. The van der Waals surface area contributed by atoms with Gasteiger partial charge in [0, 0.05) is 30.6 Å². The SMILES string of the molecule is CCNC(=NCc1cccc([N+](=O)[O-])c1)NCC1(c2cccc(F)c2)CC1.I. The second kappa shape index (κ2) is 9.81. The largest absolute Gasteiger partial charge is 0.357 e. The first kappa shape index (κ1) is 22.1. The Bertz CT molecular complexity index is 856. The Hall–Kier alpha value is -2.23. The van der Waals surface area contributed by atoms with Gasteiger partial charge in [-0.3, -0.25) is 10.1 Å². The van der Waals surface area contributed by atoms with Crippen LogP contribution in [0.5, 0.6) is 0 Å². The molecule has 0 aromatic heterocycles. The van der Waals surface area contributed by atoms with Crippen LogP contribution in [0.2, 0.25) is 0 Å². The maximum atomic E-state index is 13.5. The zero-order valence-electron chi connectivity index (χ0n) is 15.7. The highest BCUT2D eigenvalue weighted by molar-refractivity contribution is 14.0. The monoisotopic (exact) mass is 498 g/mol. The molecule has 1 aliphatic rings. The van der Waals surface area contributed by atoms with Crippen molar-refractivity contribution in [3.05, 3.63) is 75.6 Å². The van der Waals surface area contributed by atoms with Gasteiger partial charge in [0.25, 0.3) is 5.69 Å². The van der Waals surface area contributed by atoms with Crippen molar-refractivity contribution in [1.82, 2.24) is 10.6 Å². The number of aliphatic imine (C=N–C) groups is 1. The number of nitro benzene ring substituents is 1. The normalized spacial score (nSPS) is 14.7. The van der Waals surface area contributed by atoms with Gasteiger partial charge in [-0.2, -0.15) is 0 Å². The number of rotatable bonds is 7. The van der Waals surface area contributed by atoms with E-state index in [0.717, 1.165) is 24.0 Å². The maximum absolute atomic E-state index is 13.5. The molecule has 1 saturated carbocycles. The van der Waals surface area contributed by atoms with Crippen molar-refractivity contribution in [3.8, 4) is 0 Å². The molecular formula is C20H24FIN4O2. The van der Waals surface area contributed by atoms with Gasteiger partial charge in [0.2, 0.25) is 0 Å². The lowest BCUT2D eigenvalue weighted by Gasteiger charge is -2.19. The number of halogens is 2. The average Bonchev–Trinajstić information content (AvgIpc) is 3.45. The minimum Gasteiger partial charge on any atom is -0.357 e. The number of nitro groups is 1. The van der Waals surface area contributed by atoms with Crippen molar-refractivity contribution in [2.45, 2.75) is 31.7 Å². The van der Waals surface area contributed by atoms with Gasteiger partial charge in [0.1, 0.15) is 5.82 Å². The molecule has 0 saturated heterocycles. The summed E-state index contributed by atoms with van der Waals surface area (Å²) in [6.45, 7) is 3.68. The Morgan fingerprint density at radius 3 is 2.61 bits per heavy atom. The highest BCUT2D eigenvalue weighted by atomic mass is 127. The molecule has 0 atom stereocenters. The van der Waals surface area contributed by atoms with Crippen molar-refractivity contribution < 1.29 is 9.31 Å². The van der Waals surface area contributed by atoms with Crippen LogP contribution in [0.25, 0.3) is 0 Å². The van der Waals surface area contributed by atoms with Gasteiger partial charge in [-0.25, -0.2) is 9.38 Å². The van der Waals surface area contributed by atoms with E-state index in [9.17, 15) is 14.5 Å². The van der Waals surface area contributed by atoms with E-state index >= 15 is 0 Å². The molecule has 0 aliphatic heterocycles. The third-order valence-electron chi connectivity index (χ3n) is 4.77. The third-order valence-corrected chi connectivity index (χ3v) is 4.77. The van der Waals surface area contributed by atoms with E-state index in [-0.39, 0.29) is 40.9 Å². The number of nitrogens with zero attached hydrogens (tertiary/aromatic N) is 2. The molecule has 0 spiro atoms. The van der Waals surface area contributed by atoms with Crippen LogP contribution in [0.1, 0.15) is 30.9 Å². The fourth-order valence-electron chi connectivity index (χ4n) is 3.07. The summed E-state index contributed by atoms with van der Waals surface area (Å²) in [5.41, 5.74) is 1.78. The summed E-state index contributed by atoms with van der Waals surface area (Å²) in [6, 6.07) is 13.2. The van der Waals surface area contributed by atoms with Crippen molar-refractivity contribution in [1.29, 1.82) is 0 Å². The van der Waals surface area contributed by atoms with E-state index in [1.165, 1.54) is 18.2 Å². The predicted octanol–water partition coefficient (Wildman–Crippen LogP) is 4.14. The van der Waals surface area contributed by atoms with Crippen molar-refractivity contribution in [2.75, 3.05) is 13.1 Å². The van der Waals surface area contributed by atoms with Crippen LogP contribution in [-0.2, 0) is 12.0 Å². The van der Waals surface area contributed by atoms with Crippen molar-refractivity contribution in [3.63, 3.8) is 0 Å². The van der Waals surface area contributed by atoms with Gasteiger partial charge in [0.05, 0.1) is 11.5 Å². The second-order valence-corrected chi connectivity index (χ2v) is 6.77. The summed E-state index contributed by atoms with van der Waals surface area (Å²) in [7, 11) is 0. The molecule has 28 heavy (non-hydrogen) atoms. The molecule has 0 bridgehead atoms. The first-order valence-corrected chi connectivity index (χ1v) is 9.04. The van der Waals surface area contributed by atoms with Gasteiger partial charge in [-0.05, 0) is 43.0 Å². The Labute approximate surface area is 180 Å². The van der Waals surface area contributed by atoms with Crippen molar-refractivity contribution >= 4 is 35.6 Å². The van der Waals surface area contributed by atoms with Crippen LogP contribution in [0.3, 0.4) is 0 Å².